The zero-order valence-corrected chi connectivity index (χ0v) is 15.3. The molecule has 3 N–H and O–H groups in total. The van der Waals surface area contributed by atoms with Crippen LogP contribution in [0.3, 0.4) is 0 Å². The Kier molecular flexibility index (Phi) is 4.26. The van der Waals surface area contributed by atoms with Gasteiger partial charge in [-0.15, -0.1) is 17.0 Å². The summed E-state index contributed by atoms with van der Waals surface area (Å²) in [7, 11) is 2.13. The van der Waals surface area contributed by atoms with E-state index in [-0.39, 0.29) is 33.9 Å². The van der Waals surface area contributed by atoms with Gasteiger partial charge in [-0.25, -0.2) is 0 Å². The second-order valence-electron chi connectivity index (χ2n) is 6.87. The van der Waals surface area contributed by atoms with Crippen molar-refractivity contribution in [2.24, 2.45) is 0 Å². The number of benzene rings is 2. The molecule has 2 bridgehead atoms. The quantitative estimate of drug-likeness (QED) is 0.652. The molecule has 0 saturated carbocycles. The lowest BCUT2D eigenvalue weighted by molar-refractivity contribution is 0.120. The van der Waals surface area contributed by atoms with E-state index >= 15 is 0 Å². The number of phenolic OH excluding ortho intramolecular Hbond substituents is 3. The number of nitrogens with zero attached hydrogens (tertiary/aromatic N) is 1. The molecule has 128 valence electrons. The van der Waals surface area contributed by atoms with Gasteiger partial charge >= 0.3 is 0 Å². The summed E-state index contributed by atoms with van der Waals surface area (Å²) in [6.45, 7) is 0.945. The van der Waals surface area contributed by atoms with E-state index < -0.39 is 5.75 Å². The van der Waals surface area contributed by atoms with E-state index in [1.165, 1.54) is 5.56 Å². The molecule has 0 amide bonds. The van der Waals surface area contributed by atoms with Crippen LogP contribution in [0.5, 0.6) is 17.2 Å². The summed E-state index contributed by atoms with van der Waals surface area (Å²) in [5.74, 6) is -0.810. The number of fused-ring (bicyclic) bond motifs is 4. The lowest BCUT2D eigenvalue weighted by Crippen LogP contribution is -2.52. The Morgan fingerprint density at radius 3 is 2.50 bits per heavy atom. The molecule has 0 aromatic heterocycles. The SMILES string of the molecule is Br.CN1CCC2(c3ccccc3)CC1Cc1cc(O)c(O)c(O)c12. The van der Waals surface area contributed by atoms with E-state index in [2.05, 4.69) is 24.1 Å². The van der Waals surface area contributed by atoms with E-state index in [9.17, 15) is 15.3 Å². The molecular weight excluding hydrogens is 370 g/mol. The van der Waals surface area contributed by atoms with Crippen LogP contribution in [0.25, 0.3) is 0 Å². The predicted octanol–water partition coefficient (Wildman–Crippen LogP) is 3.32. The normalized spacial score (nSPS) is 25.6. The van der Waals surface area contributed by atoms with Gasteiger partial charge in [0.25, 0.3) is 0 Å². The number of hydrogen-bond acceptors (Lipinski definition) is 4. The number of phenols is 3. The number of likely N-dealkylation sites (N-methyl/N-ethyl adjacent to an activating group) is 1. The maximum absolute atomic E-state index is 10.6. The molecule has 0 radical (unpaired) electrons. The number of likely N-dealkylation sites (tertiary alicyclic amines) is 1. The van der Waals surface area contributed by atoms with Gasteiger partial charge in [0.05, 0.1) is 0 Å². The number of piperidine rings is 1. The van der Waals surface area contributed by atoms with E-state index in [0.29, 0.717) is 6.04 Å². The van der Waals surface area contributed by atoms with Crippen LogP contribution in [0, 0.1) is 0 Å². The minimum absolute atomic E-state index is 0. The lowest BCUT2D eigenvalue weighted by atomic mass is 9.60. The summed E-state index contributed by atoms with van der Waals surface area (Å²) in [4.78, 5) is 2.35. The summed E-state index contributed by atoms with van der Waals surface area (Å²) in [5.41, 5.74) is 2.59. The molecular formula is C19H22BrNO3. The van der Waals surface area contributed by atoms with Gasteiger partial charge in [-0.1, -0.05) is 30.3 Å². The Balaban J connectivity index is 0.00000169. The predicted molar refractivity (Wildman–Crippen MR) is 98.3 cm³/mol. The molecule has 1 aliphatic heterocycles. The Morgan fingerprint density at radius 2 is 1.79 bits per heavy atom. The molecule has 4 rings (SSSR count). The molecule has 2 unspecified atom stereocenters. The summed E-state index contributed by atoms with van der Waals surface area (Å²) < 4.78 is 0. The Labute approximate surface area is 152 Å². The highest BCUT2D eigenvalue weighted by molar-refractivity contribution is 8.93. The van der Waals surface area contributed by atoms with Crippen LogP contribution in [0.4, 0.5) is 0 Å². The standard InChI is InChI=1S/C19H21NO3.BrH/c1-20-8-7-19(13-5-3-2-4-6-13)11-14(20)9-12-10-15(21)17(22)18(23)16(12)19;/h2-6,10,14,21-23H,7-9,11H2,1H3;1H. The number of hydrogen-bond donors (Lipinski definition) is 3. The Bertz CT molecular complexity index is 765. The van der Waals surface area contributed by atoms with Gasteiger partial charge in [0, 0.05) is 17.0 Å². The van der Waals surface area contributed by atoms with Crippen molar-refractivity contribution >= 4 is 17.0 Å². The van der Waals surface area contributed by atoms with Gasteiger partial charge < -0.3 is 20.2 Å². The zero-order chi connectivity index (χ0) is 16.2. The van der Waals surface area contributed by atoms with Gasteiger partial charge in [-0.2, -0.15) is 0 Å². The molecule has 1 saturated heterocycles. The molecule has 2 aromatic carbocycles. The number of halogens is 1. The van der Waals surface area contributed by atoms with Gasteiger partial charge in [0.2, 0.25) is 5.75 Å². The fourth-order valence-corrected chi connectivity index (χ4v) is 4.47. The highest BCUT2D eigenvalue weighted by atomic mass is 79.9. The average molecular weight is 392 g/mol. The minimum atomic E-state index is -0.406. The second kappa shape index (κ2) is 5.97. The van der Waals surface area contributed by atoms with Crippen molar-refractivity contribution in [2.75, 3.05) is 13.6 Å². The largest absolute Gasteiger partial charge is 0.504 e. The van der Waals surface area contributed by atoms with Crippen LogP contribution >= 0.6 is 17.0 Å². The van der Waals surface area contributed by atoms with E-state index in [4.69, 9.17) is 0 Å². The molecule has 5 heteroatoms. The van der Waals surface area contributed by atoms with E-state index in [1.807, 2.05) is 18.2 Å². The lowest BCUT2D eigenvalue weighted by Gasteiger charge is -2.50. The molecule has 1 heterocycles. The van der Waals surface area contributed by atoms with E-state index in [0.717, 1.165) is 36.9 Å². The Morgan fingerprint density at radius 1 is 1.08 bits per heavy atom. The third-order valence-corrected chi connectivity index (χ3v) is 5.69. The number of aromatic hydroxyl groups is 3. The van der Waals surface area contributed by atoms with Crippen molar-refractivity contribution in [3.05, 3.63) is 53.1 Å². The van der Waals surface area contributed by atoms with Crippen molar-refractivity contribution < 1.29 is 15.3 Å². The van der Waals surface area contributed by atoms with Gasteiger partial charge in [-0.05, 0) is 50.0 Å². The molecule has 2 atom stereocenters. The van der Waals surface area contributed by atoms with Crippen molar-refractivity contribution in [1.82, 2.24) is 4.90 Å². The van der Waals surface area contributed by atoms with Crippen molar-refractivity contribution in [2.45, 2.75) is 30.7 Å². The maximum Gasteiger partial charge on any atom is 0.200 e. The molecule has 1 aliphatic carbocycles. The van der Waals surface area contributed by atoms with Gasteiger partial charge in [0.15, 0.2) is 11.5 Å². The molecule has 1 fully saturated rings. The first-order valence-corrected chi connectivity index (χ1v) is 8.06. The number of rotatable bonds is 1. The topological polar surface area (TPSA) is 63.9 Å². The fraction of sp³-hybridized carbons (Fsp3) is 0.368. The van der Waals surface area contributed by atoms with Crippen LogP contribution in [-0.4, -0.2) is 39.9 Å². The minimum Gasteiger partial charge on any atom is -0.504 e. The third-order valence-electron chi connectivity index (χ3n) is 5.69. The van der Waals surface area contributed by atoms with Crippen molar-refractivity contribution in [3.63, 3.8) is 0 Å². The fourth-order valence-electron chi connectivity index (χ4n) is 4.47. The molecule has 2 aliphatic rings. The average Bonchev–Trinajstić information content (AvgIpc) is 2.57. The summed E-state index contributed by atoms with van der Waals surface area (Å²) in [5, 5.41) is 30.6. The van der Waals surface area contributed by atoms with Gasteiger partial charge in [0.1, 0.15) is 0 Å². The van der Waals surface area contributed by atoms with Gasteiger partial charge in [-0.3, -0.25) is 0 Å². The highest BCUT2D eigenvalue weighted by Crippen LogP contribution is 2.55. The first-order chi connectivity index (χ1) is 11.0. The summed E-state index contributed by atoms with van der Waals surface area (Å²) in [6, 6.07) is 12.2. The monoisotopic (exact) mass is 391 g/mol. The molecule has 2 aromatic rings. The van der Waals surface area contributed by atoms with Crippen LogP contribution in [0.1, 0.15) is 29.5 Å². The van der Waals surface area contributed by atoms with Crippen LogP contribution < -0.4 is 0 Å². The van der Waals surface area contributed by atoms with Crippen LogP contribution in [-0.2, 0) is 11.8 Å². The maximum atomic E-state index is 10.6. The summed E-state index contributed by atoms with van der Waals surface area (Å²) >= 11 is 0. The van der Waals surface area contributed by atoms with Crippen molar-refractivity contribution in [1.29, 1.82) is 0 Å². The highest BCUT2D eigenvalue weighted by Gasteiger charge is 2.48. The molecule has 4 nitrogen and oxygen atoms in total. The summed E-state index contributed by atoms with van der Waals surface area (Å²) in [6.07, 6.45) is 2.58. The third kappa shape index (κ3) is 2.30. The second-order valence-corrected chi connectivity index (χ2v) is 6.87. The molecule has 24 heavy (non-hydrogen) atoms. The van der Waals surface area contributed by atoms with Crippen molar-refractivity contribution in [3.8, 4) is 17.2 Å². The Hall–Kier alpha value is -1.72. The van der Waals surface area contributed by atoms with Crippen LogP contribution in [0.2, 0.25) is 0 Å². The molecule has 0 spiro atoms. The smallest absolute Gasteiger partial charge is 0.200 e. The first kappa shape index (κ1) is 17.1. The first-order valence-electron chi connectivity index (χ1n) is 8.06. The zero-order valence-electron chi connectivity index (χ0n) is 13.6. The van der Waals surface area contributed by atoms with E-state index in [1.54, 1.807) is 6.07 Å². The van der Waals surface area contributed by atoms with Crippen LogP contribution in [0.15, 0.2) is 36.4 Å².